The van der Waals surface area contributed by atoms with Crippen molar-refractivity contribution in [3.8, 4) is 0 Å². The SMILES string of the molecule is O=S(=O)(NC1CCc2ccccc21)c1cncs1. The van der Waals surface area contributed by atoms with Gasteiger partial charge in [-0.15, -0.1) is 11.3 Å². The molecule has 1 aromatic heterocycles. The minimum atomic E-state index is -3.44. The minimum Gasteiger partial charge on any atom is -0.252 e. The molecule has 94 valence electrons. The summed E-state index contributed by atoms with van der Waals surface area (Å²) in [5.41, 5.74) is 3.84. The molecule has 1 unspecified atom stereocenters. The van der Waals surface area contributed by atoms with Crippen molar-refractivity contribution in [3.05, 3.63) is 47.1 Å². The summed E-state index contributed by atoms with van der Waals surface area (Å²) in [6.07, 6.45) is 3.12. The van der Waals surface area contributed by atoms with Crippen LogP contribution in [0.4, 0.5) is 0 Å². The number of benzene rings is 1. The van der Waals surface area contributed by atoms with Crippen molar-refractivity contribution in [2.45, 2.75) is 23.1 Å². The van der Waals surface area contributed by atoms with Gasteiger partial charge in [-0.3, -0.25) is 4.98 Å². The van der Waals surface area contributed by atoms with Crippen molar-refractivity contribution in [2.75, 3.05) is 0 Å². The van der Waals surface area contributed by atoms with Crippen LogP contribution in [0.25, 0.3) is 0 Å². The van der Waals surface area contributed by atoms with Gasteiger partial charge in [0.15, 0.2) is 4.21 Å². The molecule has 6 heteroatoms. The fraction of sp³-hybridized carbons (Fsp3) is 0.250. The smallest absolute Gasteiger partial charge is 0.252 e. The molecular formula is C12H12N2O2S2. The summed E-state index contributed by atoms with van der Waals surface area (Å²) in [5, 5.41) is 0. The van der Waals surface area contributed by atoms with E-state index in [-0.39, 0.29) is 10.3 Å². The van der Waals surface area contributed by atoms with Crippen LogP contribution in [-0.4, -0.2) is 13.4 Å². The maximum atomic E-state index is 12.1. The van der Waals surface area contributed by atoms with E-state index in [0.29, 0.717) is 0 Å². The second kappa shape index (κ2) is 4.46. The minimum absolute atomic E-state index is 0.117. The molecule has 0 fully saturated rings. The van der Waals surface area contributed by atoms with Crippen LogP contribution in [0.3, 0.4) is 0 Å². The highest BCUT2D eigenvalue weighted by Crippen LogP contribution is 2.32. The van der Waals surface area contributed by atoms with Gasteiger partial charge in [0.1, 0.15) is 0 Å². The van der Waals surface area contributed by atoms with Gasteiger partial charge in [-0.1, -0.05) is 24.3 Å². The molecule has 0 saturated heterocycles. The lowest BCUT2D eigenvalue weighted by Crippen LogP contribution is -2.26. The number of sulfonamides is 1. The number of fused-ring (bicyclic) bond motifs is 1. The zero-order valence-corrected chi connectivity index (χ0v) is 11.2. The maximum Gasteiger partial charge on any atom is 0.252 e. The Bertz CT molecular complexity index is 650. The van der Waals surface area contributed by atoms with Crippen molar-refractivity contribution in [3.63, 3.8) is 0 Å². The molecule has 0 amide bonds. The first kappa shape index (κ1) is 11.8. The summed E-state index contributed by atoms with van der Waals surface area (Å²) < 4.78 is 27.3. The summed E-state index contributed by atoms with van der Waals surface area (Å²) in [5.74, 6) is 0. The molecule has 18 heavy (non-hydrogen) atoms. The molecule has 0 saturated carbocycles. The second-order valence-corrected chi connectivity index (χ2v) is 7.06. The van der Waals surface area contributed by atoms with Gasteiger partial charge in [-0.05, 0) is 24.0 Å². The van der Waals surface area contributed by atoms with Crippen LogP contribution in [0.5, 0.6) is 0 Å². The Morgan fingerprint density at radius 3 is 2.94 bits per heavy atom. The molecule has 0 radical (unpaired) electrons. The van der Waals surface area contributed by atoms with Gasteiger partial charge in [0.2, 0.25) is 0 Å². The highest BCUT2D eigenvalue weighted by atomic mass is 32.2. The van der Waals surface area contributed by atoms with E-state index in [1.54, 1.807) is 0 Å². The van der Waals surface area contributed by atoms with Gasteiger partial charge < -0.3 is 0 Å². The number of nitrogens with one attached hydrogen (secondary N) is 1. The van der Waals surface area contributed by atoms with Gasteiger partial charge in [0, 0.05) is 6.04 Å². The Morgan fingerprint density at radius 2 is 2.17 bits per heavy atom. The molecule has 0 aliphatic heterocycles. The van der Waals surface area contributed by atoms with E-state index in [9.17, 15) is 8.42 Å². The van der Waals surface area contributed by atoms with Gasteiger partial charge in [0.25, 0.3) is 10.0 Å². The van der Waals surface area contributed by atoms with Crippen LogP contribution in [0.2, 0.25) is 0 Å². The average Bonchev–Trinajstić information content (AvgIpc) is 2.99. The predicted octanol–water partition coefficient (Wildman–Crippen LogP) is 2.11. The molecule has 0 bridgehead atoms. The third kappa shape index (κ3) is 2.07. The lowest BCUT2D eigenvalue weighted by atomic mass is 10.1. The zero-order chi connectivity index (χ0) is 12.6. The topological polar surface area (TPSA) is 59.1 Å². The van der Waals surface area contributed by atoms with Crippen LogP contribution in [0.1, 0.15) is 23.6 Å². The molecule has 1 aliphatic rings. The van der Waals surface area contributed by atoms with Crippen LogP contribution < -0.4 is 4.72 Å². The van der Waals surface area contributed by atoms with Crippen molar-refractivity contribution in [1.29, 1.82) is 0 Å². The first-order chi connectivity index (χ1) is 8.67. The van der Waals surface area contributed by atoms with Crippen LogP contribution in [0.15, 0.2) is 40.2 Å². The van der Waals surface area contributed by atoms with Crippen LogP contribution in [-0.2, 0) is 16.4 Å². The Balaban J connectivity index is 1.88. The zero-order valence-electron chi connectivity index (χ0n) is 9.54. The van der Waals surface area contributed by atoms with Crippen LogP contribution in [0, 0.1) is 0 Å². The standard InChI is InChI=1S/C12H12N2O2S2/c15-18(16,12-7-13-8-17-12)14-11-6-5-9-3-1-2-4-10(9)11/h1-4,7-8,11,14H,5-6H2. The summed E-state index contributed by atoms with van der Waals surface area (Å²) in [7, 11) is -3.44. The largest absolute Gasteiger partial charge is 0.252 e. The van der Waals surface area contributed by atoms with E-state index < -0.39 is 10.0 Å². The van der Waals surface area contributed by atoms with E-state index in [0.717, 1.165) is 29.7 Å². The lowest BCUT2D eigenvalue weighted by Gasteiger charge is -2.13. The first-order valence-electron chi connectivity index (χ1n) is 5.65. The molecular weight excluding hydrogens is 268 g/mol. The second-order valence-electron chi connectivity index (χ2n) is 4.23. The highest BCUT2D eigenvalue weighted by molar-refractivity contribution is 7.91. The quantitative estimate of drug-likeness (QED) is 0.936. The Morgan fingerprint density at radius 1 is 1.33 bits per heavy atom. The fourth-order valence-electron chi connectivity index (χ4n) is 2.26. The third-order valence-corrected chi connectivity index (χ3v) is 5.85. The molecule has 1 N–H and O–H groups in total. The van der Waals surface area contributed by atoms with E-state index in [1.165, 1.54) is 17.3 Å². The molecule has 3 rings (SSSR count). The molecule has 0 spiro atoms. The normalized spacial score (nSPS) is 18.8. The van der Waals surface area contributed by atoms with Crippen molar-refractivity contribution in [1.82, 2.24) is 9.71 Å². The monoisotopic (exact) mass is 280 g/mol. The molecule has 4 nitrogen and oxygen atoms in total. The molecule has 1 aliphatic carbocycles. The molecule has 2 aromatic rings. The Hall–Kier alpha value is -1.24. The average molecular weight is 280 g/mol. The first-order valence-corrected chi connectivity index (χ1v) is 8.02. The van der Waals surface area contributed by atoms with E-state index in [2.05, 4.69) is 15.8 Å². The summed E-state index contributed by atoms with van der Waals surface area (Å²) in [6.45, 7) is 0. The Labute approximate surface area is 110 Å². The van der Waals surface area contributed by atoms with Crippen molar-refractivity contribution >= 4 is 21.4 Å². The lowest BCUT2D eigenvalue weighted by molar-refractivity contribution is 0.556. The van der Waals surface area contributed by atoms with E-state index in [4.69, 9.17) is 0 Å². The van der Waals surface area contributed by atoms with Crippen molar-refractivity contribution < 1.29 is 8.42 Å². The highest BCUT2D eigenvalue weighted by Gasteiger charge is 2.27. The fourth-order valence-corrected chi connectivity index (χ4v) is 4.32. The summed E-state index contributed by atoms with van der Waals surface area (Å²) in [4.78, 5) is 3.81. The van der Waals surface area contributed by atoms with Crippen molar-refractivity contribution in [2.24, 2.45) is 0 Å². The van der Waals surface area contributed by atoms with Gasteiger partial charge >= 0.3 is 0 Å². The predicted molar refractivity (Wildman–Crippen MR) is 69.9 cm³/mol. The number of hydrogen-bond donors (Lipinski definition) is 1. The van der Waals surface area contributed by atoms with Gasteiger partial charge in [-0.25, -0.2) is 13.1 Å². The summed E-state index contributed by atoms with van der Waals surface area (Å²) >= 11 is 1.13. The summed E-state index contributed by atoms with van der Waals surface area (Å²) in [6, 6.07) is 7.85. The van der Waals surface area contributed by atoms with E-state index in [1.807, 2.05) is 18.2 Å². The third-order valence-electron chi connectivity index (χ3n) is 3.10. The number of nitrogens with zero attached hydrogens (tertiary/aromatic N) is 1. The molecule has 1 aromatic carbocycles. The molecule has 1 atom stereocenters. The Kier molecular flexibility index (Phi) is 2.93. The number of thiazole rings is 1. The molecule has 1 heterocycles. The number of aryl methyl sites for hydroxylation is 1. The number of aromatic nitrogens is 1. The van der Waals surface area contributed by atoms with Gasteiger partial charge in [0.05, 0.1) is 11.7 Å². The number of rotatable bonds is 3. The van der Waals surface area contributed by atoms with E-state index >= 15 is 0 Å². The van der Waals surface area contributed by atoms with Gasteiger partial charge in [-0.2, -0.15) is 0 Å². The maximum absolute atomic E-state index is 12.1. The number of hydrogen-bond acceptors (Lipinski definition) is 4. The van der Waals surface area contributed by atoms with Crippen LogP contribution >= 0.6 is 11.3 Å².